The van der Waals surface area contributed by atoms with Gasteiger partial charge in [-0.2, -0.15) is 0 Å². The highest BCUT2D eigenvalue weighted by atomic mass is 35.5. The number of hydrogen-bond donors (Lipinski definition) is 1. The number of hydrogen-bond acceptors (Lipinski definition) is 4. The molecule has 2 aromatic rings. The van der Waals surface area contributed by atoms with Gasteiger partial charge in [0.1, 0.15) is 13.2 Å². The van der Waals surface area contributed by atoms with Gasteiger partial charge < -0.3 is 14.8 Å². The number of Topliss-reactive ketones (excluding diaryl/α,β-unsaturated/α-hetero) is 1. The molecule has 27 heavy (non-hydrogen) atoms. The van der Waals surface area contributed by atoms with E-state index in [0.29, 0.717) is 53.3 Å². The van der Waals surface area contributed by atoms with Gasteiger partial charge in [-0.15, -0.1) is 0 Å². The number of nitrogens with one attached hydrogen (secondary N) is 1. The van der Waals surface area contributed by atoms with Crippen molar-refractivity contribution >= 4 is 34.9 Å². The van der Waals surface area contributed by atoms with Crippen molar-refractivity contribution in [3.63, 3.8) is 0 Å². The highest BCUT2D eigenvalue weighted by Gasteiger charge is 2.16. The maximum Gasteiger partial charge on any atom is 0.220 e. The summed E-state index contributed by atoms with van der Waals surface area (Å²) in [5.41, 5.74) is 1.38. The van der Waals surface area contributed by atoms with Crippen LogP contribution in [0.2, 0.25) is 10.0 Å². The first-order valence-corrected chi connectivity index (χ1v) is 9.42. The third kappa shape index (κ3) is 5.15. The Morgan fingerprint density at radius 2 is 1.78 bits per heavy atom. The summed E-state index contributed by atoms with van der Waals surface area (Å²) in [6.45, 7) is 1.39. The lowest BCUT2D eigenvalue weighted by Crippen LogP contribution is -2.26. The van der Waals surface area contributed by atoms with Crippen LogP contribution in [0.15, 0.2) is 36.4 Å². The van der Waals surface area contributed by atoms with Crippen LogP contribution in [-0.2, 0) is 11.2 Å². The van der Waals surface area contributed by atoms with Gasteiger partial charge >= 0.3 is 0 Å². The van der Waals surface area contributed by atoms with Gasteiger partial charge in [0.2, 0.25) is 5.91 Å². The van der Waals surface area contributed by atoms with E-state index in [1.165, 1.54) is 0 Å². The van der Waals surface area contributed by atoms with Crippen molar-refractivity contribution < 1.29 is 19.1 Å². The van der Waals surface area contributed by atoms with E-state index < -0.39 is 0 Å². The molecule has 2 aromatic carbocycles. The molecule has 0 aromatic heterocycles. The molecule has 0 radical (unpaired) electrons. The van der Waals surface area contributed by atoms with Crippen LogP contribution in [0, 0.1) is 0 Å². The van der Waals surface area contributed by atoms with Crippen molar-refractivity contribution in [3.8, 4) is 11.5 Å². The molecular weight excluding hydrogens is 389 g/mol. The third-order valence-electron chi connectivity index (χ3n) is 4.19. The summed E-state index contributed by atoms with van der Waals surface area (Å²) in [5.74, 6) is 0.907. The number of benzene rings is 2. The van der Waals surface area contributed by atoms with Crippen molar-refractivity contribution in [2.24, 2.45) is 0 Å². The van der Waals surface area contributed by atoms with Gasteiger partial charge in [-0.1, -0.05) is 35.3 Å². The van der Waals surface area contributed by atoms with Crippen molar-refractivity contribution in [3.05, 3.63) is 57.6 Å². The van der Waals surface area contributed by atoms with Crippen molar-refractivity contribution in [1.82, 2.24) is 5.32 Å². The Labute approximate surface area is 167 Å². The first-order chi connectivity index (χ1) is 13.0. The van der Waals surface area contributed by atoms with Gasteiger partial charge in [-0.05, 0) is 36.2 Å². The number of fused-ring (bicyclic) bond motifs is 1. The Kier molecular flexibility index (Phi) is 6.58. The number of carbonyl (C=O) groups excluding carboxylic acids is 2. The molecule has 7 heteroatoms. The number of carbonyl (C=O) groups is 2. The van der Waals surface area contributed by atoms with E-state index in [2.05, 4.69) is 5.32 Å². The number of halogens is 2. The molecule has 0 fully saturated rings. The van der Waals surface area contributed by atoms with Gasteiger partial charge in [0.25, 0.3) is 0 Å². The minimum atomic E-state index is -0.181. The SMILES string of the molecule is O=C(CCC(=O)c1ccc2c(c1)OCCO2)NCCc1cccc(Cl)c1Cl. The molecular formula is C20H19Cl2NO4. The zero-order valence-electron chi connectivity index (χ0n) is 14.6. The molecule has 0 aliphatic carbocycles. The number of ether oxygens (including phenoxy) is 2. The van der Waals surface area contributed by atoms with Gasteiger partial charge in [0.15, 0.2) is 17.3 Å². The van der Waals surface area contributed by atoms with E-state index in [0.717, 1.165) is 5.56 Å². The van der Waals surface area contributed by atoms with Gasteiger partial charge in [-0.3, -0.25) is 9.59 Å². The van der Waals surface area contributed by atoms with Crippen LogP contribution in [0.3, 0.4) is 0 Å². The topological polar surface area (TPSA) is 64.6 Å². The van der Waals surface area contributed by atoms with Crippen LogP contribution in [-0.4, -0.2) is 31.4 Å². The second-order valence-corrected chi connectivity index (χ2v) is 6.88. The quantitative estimate of drug-likeness (QED) is 0.702. The molecule has 0 saturated carbocycles. The molecule has 1 N–H and O–H groups in total. The number of rotatable bonds is 7. The number of ketones is 1. The van der Waals surface area contributed by atoms with Crippen molar-refractivity contribution in [2.75, 3.05) is 19.8 Å². The lowest BCUT2D eigenvalue weighted by molar-refractivity contribution is -0.121. The standard InChI is InChI=1S/C20H19Cl2NO4/c21-15-3-1-2-13(20(15)22)8-9-23-19(25)7-5-16(24)14-4-6-17-18(12-14)27-11-10-26-17/h1-4,6,12H,5,7-11H2,(H,23,25). The normalized spacial score (nSPS) is 12.5. The van der Waals surface area contributed by atoms with Crippen LogP contribution < -0.4 is 14.8 Å². The van der Waals surface area contributed by atoms with Crippen LogP contribution in [0.1, 0.15) is 28.8 Å². The zero-order valence-corrected chi connectivity index (χ0v) is 16.1. The summed E-state index contributed by atoms with van der Waals surface area (Å²) in [5, 5.41) is 3.79. The fourth-order valence-electron chi connectivity index (χ4n) is 2.75. The molecule has 0 atom stereocenters. The molecule has 0 bridgehead atoms. The fourth-order valence-corrected chi connectivity index (χ4v) is 3.17. The molecule has 1 heterocycles. The molecule has 0 saturated heterocycles. The Balaban J connectivity index is 1.45. The summed E-state index contributed by atoms with van der Waals surface area (Å²) < 4.78 is 10.9. The predicted molar refractivity (Wildman–Crippen MR) is 104 cm³/mol. The van der Waals surface area contributed by atoms with Crippen molar-refractivity contribution in [1.29, 1.82) is 0 Å². The second-order valence-electron chi connectivity index (χ2n) is 6.09. The van der Waals surface area contributed by atoms with Crippen molar-refractivity contribution in [2.45, 2.75) is 19.3 Å². The zero-order chi connectivity index (χ0) is 19.2. The van der Waals surface area contributed by atoms with E-state index in [4.69, 9.17) is 32.7 Å². The summed E-state index contributed by atoms with van der Waals surface area (Å²) >= 11 is 12.1. The molecule has 142 valence electrons. The summed E-state index contributed by atoms with van der Waals surface area (Å²) in [7, 11) is 0. The highest BCUT2D eigenvalue weighted by molar-refractivity contribution is 6.42. The lowest BCUT2D eigenvalue weighted by Gasteiger charge is -2.18. The molecule has 1 amide bonds. The summed E-state index contributed by atoms with van der Waals surface area (Å²) in [6, 6.07) is 10.5. The average molecular weight is 408 g/mol. The fraction of sp³-hybridized carbons (Fsp3) is 0.300. The Morgan fingerprint density at radius 1 is 1.00 bits per heavy atom. The molecule has 1 aliphatic heterocycles. The Hall–Kier alpha value is -2.24. The minimum absolute atomic E-state index is 0.111. The monoisotopic (exact) mass is 407 g/mol. The van der Waals surface area contributed by atoms with E-state index in [1.807, 2.05) is 12.1 Å². The smallest absolute Gasteiger partial charge is 0.220 e. The molecule has 0 spiro atoms. The first kappa shape index (κ1) is 19.5. The van der Waals surface area contributed by atoms with Crippen LogP contribution in [0.5, 0.6) is 11.5 Å². The van der Waals surface area contributed by atoms with E-state index >= 15 is 0 Å². The van der Waals surface area contributed by atoms with Gasteiger partial charge in [0, 0.05) is 24.9 Å². The molecule has 1 aliphatic rings. The predicted octanol–water partition coefficient (Wildman–Crippen LogP) is 4.09. The third-order valence-corrected chi connectivity index (χ3v) is 5.05. The molecule has 0 unspecified atom stereocenters. The summed E-state index contributed by atoms with van der Waals surface area (Å²) in [6.07, 6.45) is 0.821. The van der Waals surface area contributed by atoms with E-state index in [-0.39, 0.29) is 24.5 Å². The first-order valence-electron chi connectivity index (χ1n) is 8.67. The largest absolute Gasteiger partial charge is 0.486 e. The van der Waals surface area contributed by atoms with Crippen LogP contribution >= 0.6 is 23.2 Å². The molecule has 5 nitrogen and oxygen atoms in total. The van der Waals surface area contributed by atoms with E-state index in [1.54, 1.807) is 24.3 Å². The van der Waals surface area contributed by atoms with E-state index in [9.17, 15) is 9.59 Å². The average Bonchev–Trinajstić information content (AvgIpc) is 2.69. The van der Waals surface area contributed by atoms with Gasteiger partial charge in [-0.25, -0.2) is 0 Å². The maximum atomic E-state index is 12.3. The van der Waals surface area contributed by atoms with Crippen LogP contribution in [0.4, 0.5) is 0 Å². The molecule has 3 rings (SSSR count). The van der Waals surface area contributed by atoms with Gasteiger partial charge in [0.05, 0.1) is 10.0 Å². The maximum absolute atomic E-state index is 12.3. The minimum Gasteiger partial charge on any atom is -0.486 e. The van der Waals surface area contributed by atoms with Crippen LogP contribution in [0.25, 0.3) is 0 Å². The highest BCUT2D eigenvalue weighted by Crippen LogP contribution is 2.31. The number of amides is 1. The lowest BCUT2D eigenvalue weighted by atomic mass is 10.1. The second kappa shape index (κ2) is 9.11. The Morgan fingerprint density at radius 3 is 2.59 bits per heavy atom. The Bertz CT molecular complexity index is 854. The summed E-state index contributed by atoms with van der Waals surface area (Å²) in [4.78, 5) is 24.3.